The van der Waals surface area contributed by atoms with E-state index in [0.717, 1.165) is 5.56 Å². The Morgan fingerprint density at radius 1 is 1.53 bits per heavy atom. The van der Waals surface area contributed by atoms with E-state index >= 15 is 0 Å². The van der Waals surface area contributed by atoms with Gasteiger partial charge in [-0.1, -0.05) is 11.6 Å². The summed E-state index contributed by atoms with van der Waals surface area (Å²) < 4.78 is 10.7. The van der Waals surface area contributed by atoms with E-state index in [1.54, 1.807) is 32.5 Å². The molecule has 7 heteroatoms. The lowest BCUT2D eigenvalue weighted by atomic mass is 10.2. The molecule has 1 aromatic carbocycles. The van der Waals surface area contributed by atoms with Gasteiger partial charge in [0.05, 0.1) is 25.0 Å². The van der Waals surface area contributed by atoms with Crippen LogP contribution in [0.15, 0.2) is 17.2 Å². The Labute approximate surface area is 122 Å². The van der Waals surface area contributed by atoms with Crippen molar-refractivity contribution >= 4 is 35.1 Å². The zero-order valence-electron chi connectivity index (χ0n) is 11.0. The molecule has 1 rings (SSSR count). The molecular formula is C12H16ClN3O2S. The van der Waals surface area contributed by atoms with Crippen LogP contribution in [-0.2, 0) is 0 Å². The molecule has 0 atom stereocenters. The van der Waals surface area contributed by atoms with E-state index in [2.05, 4.69) is 15.8 Å². The third-order valence-corrected chi connectivity index (χ3v) is 2.72. The zero-order chi connectivity index (χ0) is 14.3. The minimum atomic E-state index is 0.431. The summed E-state index contributed by atoms with van der Waals surface area (Å²) in [5.41, 5.74) is 3.43. The predicted molar refractivity (Wildman–Crippen MR) is 81.6 cm³/mol. The lowest BCUT2D eigenvalue weighted by molar-refractivity contribution is 0.311. The summed E-state index contributed by atoms with van der Waals surface area (Å²) in [6, 6.07) is 3.53. The molecule has 0 aliphatic rings. The lowest BCUT2D eigenvalue weighted by Crippen LogP contribution is -2.28. The zero-order valence-corrected chi connectivity index (χ0v) is 12.6. The van der Waals surface area contributed by atoms with Gasteiger partial charge in [-0.15, -0.1) is 0 Å². The van der Waals surface area contributed by atoms with Gasteiger partial charge in [0.25, 0.3) is 0 Å². The Balaban J connectivity index is 2.93. The second kappa shape index (κ2) is 7.81. The first-order valence-corrected chi connectivity index (χ1v) is 6.42. The molecule has 0 spiro atoms. The smallest absolute Gasteiger partial charge is 0.186 e. The van der Waals surface area contributed by atoms with Crippen molar-refractivity contribution in [1.29, 1.82) is 0 Å². The molecule has 0 bridgehead atoms. The van der Waals surface area contributed by atoms with E-state index in [4.69, 9.17) is 33.3 Å². The van der Waals surface area contributed by atoms with Crippen molar-refractivity contribution in [2.24, 2.45) is 5.10 Å². The average Bonchev–Trinajstić information content (AvgIpc) is 2.38. The number of nitrogens with zero attached hydrogens (tertiary/aromatic N) is 1. The average molecular weight is 302 g/mol. The summed E-state index contributed by atoms with van der Waals surface area (Å²) >= 11 is 11.0. The summed E-state index contributed by atoms with van der Waals surface area (Å²) in [5.74, 6) is 1.09. The normalized spacial score (nSPS) is 10.3. The molecule has 0 aliphatic heterocycles. The quantitative estimate of drug-likeness (QED) is 0.496. The topological polar surface area (TPSA) is 54.9 Å². The predicted octanol–water partition coefficient (Wildman–Crippen LogP) is 2.18. The maximum Gasteiger partial charge on any atom is 0.186 e. The molecule has 0 amide bonds. The van der Waals surface area contributed by atoms with Crippen LogP contribution in [0.3, 0.4) is 0 Å². The van der Waals surface area contributed by atoms with E-state index in [-0.39, 0.29) is 0 Å². The largest absolute Gasteiger partial charge is 0.491 e. The van der Waals surface area contributed by atoms with Gasteiger partial charge in [0, 0.05) is 7.05 Å². The summed E-state index contributed by atoms with van der Waals surface area (Å²) in [7, 11) is 3.26. The molecule has 0 fully saturated rings. The minimum absolute atomic E-state index is 0.431. The van der Waals surface area contributed by atoms with Crippen LogP contribution in [0.1, 0.15) is 12.5 Å². The monoisotopic (exact) mass is 301 g/mol. The van der Waals surface area contributed by atoms with Gasteiger partial charge in [-0.3, -0.25) is 5.43 Å². The Kier molecular flexibility index (Phi) is 6.38. The van der Waals surface area contributed by atoms with Crippen LogP contribution in [0.25, 0.3) is 0 Å². The van der Waals surface area contributed by atoms with Crippen LogP contribution in [0.5, 0.6) is 11.5 Å². The number of benzene rings is 1. The van der Waals surface area contributed by atoms with E-state index in [0.29, 0.717) is 28.2 Å². The standard InChI is InChI=1S/C12H16ClN3O2S/c1-4-18-10-6-8(5-9(13)11(10)17-3)7-15-16-12(19)14-2/h5-7H,4H2,1-3H3,(H2,14,16,19)/b15-7+. The van der Waals surface area contributed by atoms with Gasteiger partial charge < -0.3 is 14.8 Å². The number of halogens is 1. The molecule has 1 aromatic rings. The molecule has 0 unspecified atom stereocenters. The highest BCUT2D eigenvalue weighted by Crippen LogP contribution is 2.35. The SMILES string of the molecule is CCOc1cc(/C=N/NC(=S)NC)cc(Cl)c1OC. The molecule has 0 heterocycles. The van der Waals surface area contributed by atoms with Gasteiger partial charge >= 0.3 is 0 Å². The fourth-order valence-electron chi connectivity index (χ4n) is 1.34. The minimum Gasteiger partial charge on any atom is -0.491 e. The van der Waals surface area contributed by atoms with E-state index in [1.165, 1.54) is 0 Å². The van der Waals surface area contributed by atoms with Gasteiger partial charge in [0.1, 0.15) is 0 Å². The van der Waals surface area contributed by atoms with Crippen molar-refractivity contribution in [1.82, 2.24) is 10.7 Å². The molecule has 0 saturated carbocycles. The number of thiocarbonyl (C=S) groups is 1. The van der Waals surface area contributed by atoms with Crippen molar-refractivity contribution in [3.8, 4) is 11.5 Å². The molecule has 0 saturated heterocycles. The van der Waals surface area contributed by atoms with Crippen molar-refractivity contribution in [2.75, 3.05) is 20.8 Å². The molecule has 0 aromatic heterocycles. The van der Waals surface area contributed by atoms with Crippen molar-refractivity contribution in [3.05, 3.63) is 22.7 Å². The summed E-state index contributed by atoms with van der Waals surface area (Å²) in [5, 5.41) is 7.62. The number of rotatable bonds is 5. The fraction of sp³-hybridized carbons (Fsp3) is 0.333. The van der Waals surface area contributed by atoms with Crippen LogP contribution >= 0.6 is 23.8 Å². The van der Waals surface area contributed by atoms with Crippen LogP contribution < -0.4 is 20.2 Å². The van der Waals surface area contributed by atoms with Crippen molar-refractivity contribution < 1.29 is 9.47 Å². The van der Waals surface area contributed by atoms with Crippen molar-refractivity contribution in [3.63, 3.8) is 0 Å². The summed E-state index contributed by atoms with van der Waals surface area (Å²) in [6.07, 6.45) is 1.59. The third kappa shape index (κ3) is 4.57. The number of hydrogen-bond acceptors (Lipinski definition) is 4. The molecule has 104 valence electrons. The van der Waals surface area contributed by atoms with Crippen LogP contribution in [0, 0.1) is 0 Å². The lowest BCUT2D eigenvalue weighted by Gasteiger charge is -2.11. The number of hydrogen-bond donors (Lipinski definition) is 2. The molecule has 0 radical (unpaired) electrons. The fourth-order valence-corrected chi connectivity index (χ4v) is 1.69. The summed E-state index contributed by atoms with van der Waals surface area (Å²) in [4.78, 5) is 0. The maximum atomic E-state index is 6.11. The van der Waals surface area contributed by atoms with E-state index in [9.17, 15) is 0 Å². The van der Waals surface area contributed by atoms with E-state index in [1.807, 2.05) is 6.92 Å². The van der Waals surface area contributed by atoms with Crippen molar-refractivity contribution in [2.45, 2.75) is 6.92 Å². The highest BCUT2D eigenvalue weighted by atomic mass is 35.5. The summed E-state index contributed by atoms with van der Waals surface area (Å²) in [6.45, 7) is 2.41. The second-order valence-corrected chi connectivity index (χ2v) is 4.23. The Morgan fingerprint density at radius 2 is 2.26 bits per heavy atom. The second-order valence-electron chi connectivity index (χ2n) is 3.42. The highest BCUT2D eigenvalue weighted by Gasteiger charge is 2.10. The van der Waals surface area contributed by atoms with Crippen LogP contribution in [0.2, 0.25) is 5.02 Å². The highest BCUT2D eigenvalue weighted by molar-refractivity contribution is 7.80. The van der Waals surface area contributed by atoms with Gasteiger partial charge in [-0.05, 0) is 36.8 Å². The van der Waals surface area contributed by atoms with Crippen LogP contribution in [0.4, 0.5) is 0 Å². The first-order valence-electron chi connectivity index (χ1n) is 5.63. The first-order chi connectivity index (χ1) is 9.12. The number of hydrazone groups is 1. The van der Waals surface area contributed by atoms with Gasteiger partial charge in [0.15, 0.2) is 16.6 Å². The molecule has 2 N–H and O–H groups in total. The van der Waals surface area contributed by atoms with E-state index < -0.39 is 0 Å². The number of ether oxygens (including phenoxy) is 2. The van der Waals surface area contributed by atoms with Gasteiger partial charge in [0.2, 0.25) is 0 Å². The van der Waals surface area contributed by atoms with Gasteiger partial charge in [-0.25, -0.2) is 0 Å². The first kappa shape index (κ1) is 15.5. The number of nitrogens with one attached hydrogen (secondary N) is 2. The van der Waals surface area contributed by atoms with Gasteiger partial charge in [-0.2, -0.15) is 5.10 Å². The number of methoxy groups -OCH3 is 1. The molecule has 5 nitrogen and oxygen atoms in total. The maximum absolute atomic E-state index is 6.11. The molecule has 19 heavy (non-hydrogen) atoms. The Hall–Kier alpha value is -1.53. The Morgan fingerprint density at radius 3 is 2.84 bits per heavy atom. The Bertz CT molecular complexity index is 480. The van der Waals surface area contributed by atoms with Crippen LogP contribution in [-0.4, -0.2) is 32.1 Å². The molecule has 0 aliphatic carbocycles. The third-order valence-electron chi connectivity index (χ3n) is 2.14. The molecular weight excluding hydrogens is 286 g/mol.